The fraction of sp³-hybridized carbons (Fsp3) is 0.375. The minimum Gasteiger partial charge on any atom is -0.465 e. The normalized spacial score (nSPS) is 11.4. The molecule has 0 radical (unpaired) electrons. The molecule has 0 aliphatic carbocycles. The molecule has 0 saturated heterocycles. The number of thiophene rings is 1. The Morgan fingerprint density at radius 3 is 2.43 bits per heavy atom. The van der Waals surface area contributed by atoms with Crippen molar-refractivity contribution >= 4 is 27.1 Å². The zero-order valence-corrected chi connectivity index (χ0v) is 9.66. The number of methoxy groups -OCH3 is 1. The van der Waals surface area contributed by atoms with Gasteiger partial charge in [0, 0.05) is 6.26 Å². The summed E-state index contributed by atoms with van der Waals surface area (Å²) in [5.41, 5.74) is 0.627. The number of carbonyl (C=O) groups is 1. The fourth-order valence-electron chi connectivity index (χ4n) is 0.931. The maximum Gasteiger partial charge on any atom is 0.348 e. The zero-order valence-electron chi connectivity index (χ0n) is 8.03. The maximum absolute atomic E-state index is 11.2. The molecule has 0 saturated carbocycles. The van der Waals surface area contributed by atoms with Gasteiger partial charge in [0.2, 0.25) is 0 Å². The van der Waals surface area contributed by atoms with Crippen molar-refractivity contribution in [1.82, 2.24) is 0 Å². The molecule has 0 atom stereocenters. The lowest BCUT2D eigenvalue weighted by Crippen LogP contribution is -1.99. The third-order valence-electron chi connectivity index (χ3n) is 1.63. The molecule has 0 aromatic carbocycles. The predicted molar refractivity (Wildman–Crippen MR) is 53.5 cm³/mol. The second-order valence-electron chi connectivity index (χ2n) is 2.84. The van der Waals surface area contributed by atoms with Crippen LogP contribution >= 0.6 is 11.3 Å². The van der Waals surface area contributed by atoms with Gasteiger partial charge in [-0.05, 0) is 18.6 Å². The summed E-state index contributed by atoms with van der Waals surface area (Å²) in [4.78, 5) is 11.5. The van der Waals surface area contributed by atoms with Crippen LogP contribution in [0.1, 0.15) is 15.2 Å². The molecule has 4 nitrogen and oxygen atoms in total. The molecule has 14 heavy (non-hydrogen) atoms. The lowest BCUT2D eigenvalue weighted by molar-refractivity contribution is 0.0605. The second kappa shape index (κ2) is 3.70. The predicted octanol–water partition coefficient (Wildman–Crippen LogP) is 1.25. The smallest absolute Gasteiger partial charge is 0.348 e. The standard InChI is InChI=1S/C8H10O4S2/c1-5-4-6(14(3,10)11)13-7(5)8(9)12-2/h4H,1-3H3. The summed E-state index contributed by atoms with van der Waals surface area (Å²) in [6.45, 7) is 1.68. The highest BCUT2D eigenvalue weighted by atomic mass is 32.2. The summed E-state index contributed by atoms with van der Waals surface area (Å²) in [5, 5.41) is 0. The van der Waals surface area contributed by atoms with Gasteiger partial charge >= 0.3 is 5.97 Å². The molecule has 6 heteroatoms. The number of hydrogen-bond donors (Lipinski definition) is 0. The van der Waals surface area contributed by atoms with Gasteiger partial charge in [0.15, 0.2) is 9.84 Å². The molecular weight excluding hydrogens is 224 g/mol. The third-order valence-corrected chi connectivity index (χ3v) is 4.65. The lowest BCUT2D eigenvalue weighted by Gasteiger charge is -1.94. The van der Waals surface area contributed by atoms with Crippen LogP contribution in [0, 0.1) is 6.92 Å². The summed E-state index contributed by atoms with van der Waals surface area (Å²) in [7, 11) is -1.97. The summed E-state index contributed by atoms with van der Waals surface area (Å²) >= 11 is 0.937. The molecule has 0 spiro atoms. The third kappa shape index (κ3) is 2.13. The van der Waals surface area contributed by atoms with Crippen LogP contribution in [0.15, 0.2) is 10.3 Å². The lowest BCUT2D eigenvalue weighted by atomic mass is 10.3. The van der Waals surface area contributed by atoms with Crippen molar-refractivity contribution in [3.8, 4) is 0 Å². The Kier molecular flexibility index (Phi) is 2.96. The quantitative estimate of drug-likeness (QED) is 0.722. The van der Waals surface area contributed by atoms with E-state index in [0.29, 0.717) is 10.4 Å². The van der Waals surface area contributed by atoms with Gasteiger partial charge < -0.3 is 4.74 Å². The Hall–Kier alpha value is -0.880. The van der Waals surface area contributed by atoms with Gasteiger partial charge in [-0.25, -0.2) is 13.2 Å². The minimum atomic E-state index is -3.24. The van der Waals surface area contributed by atoms with Gasteiger partial charge in [-0.15, -0.1) is 11.3 Å². The van der Waals surface area contributed by atoms with E-state index in [1.165, 1.54) is 13.2 Å². The molecule has 78 valence electrons. The number of rotatable bonds is 2. The molecule has 1 heterocycles. The molecule has 0 aliphatic heterocycles. The van der Waals surface area contributed by atoms with Crippen LogP contribution in [0.2, 0.25) is 0 Å². The number of sulfone groups is 1. The molecule has 0 N–H and O–H groups in total. The molecule has 0 fully saturated rings. The molecule has 0 bridgehead atoms. The SMILES string of the molecule is COC(=O)c1sc(S(C)(=O)=O)cc1C. The molecule has 0 aliphatic rings. The highest BCUT2D eigenvalue weighted by molar-refractivity contribution is 7.92. The van der Waals surface area contributed by atoms with E-state index in [9.17, 15) is 13.2 Å². The molecule has 0 unspecified atom stereocenters. The van der Waals surface area contributed by atoms with Crippen molar-refractivity contribution < 1.29 is 17.9 Å². The highest BCUT2D eigenvalue weighted by Crippen LogP contribution is 2.26. The first-order valence-corrected chi connectivity index (χ1v) is 6.46. The topological polar surface area (TPSA) is 60.4 Å². The average molecular weight is 234 g/mol. The Morgan fingerprint density at radius 1 is 1.50 bits per heavy atom. The van der Waals surface area contributed by atoms with E-state index >= 15 is 0 Å². The number of esters is 1. The van der Waals surface area contributed by atoms with Crippen molar-refractivity contribution in [2.24, 2.45) is 0 Å². The summed E-state index contributed by atoms with van der Waals surface area (Å²) < 4.78 is 27.0. The summed E-state index contributed by atoms with van der Waals surface area (Å²) in [6, 6.07) is 1.48. The van der Waals surface area contributed by atoms with Crippen LogP contribution in [0.25, 0.3) is 0 Å². The van der Waals surface area contributed by atoms with Crippen molar-refractivity contribution in [3.63, 3.8) is 0 Å². The molecule has 0 amide bonds. The van der Waals surface area contributed by atoms with E-state index in [1.807, 2.05) is 0 Å². The van der Waals surface area contributed by atoms with Crippen LogP contribution in [0.5, 0.6) is 0 Å². The monoisotopic (exact) mass is 234 g/mol. The molecular formula is C8H10O4S2. The summed E-state index contributed by atoms with van der Waals surface area (Å²) in [5.74, 6) is -0.498. The molecule has 1 aromatic heterocycles. The van der Waals surface area contributed by atoms with Crippen molar-refractivity contribution in [1.29, 1.82) is 0 Å². The Labute approximate surface area is 86.4 Å². The van der Waals surface area contributed by atoms with Gasteiger partial charge in [-0.3, -0.25) is 0 Å². The van der Waals surface area contributed by atoms with Crippen molar-refractivity contribution in [2.45, 2.75) is 11.1 Å². The van der Waals surface area contributed by atoms with E-state index in [0.717, 1.165) is 17.6 Å². The number of carbonyl (C=O) groups excluding carboxylic acids is 1. The van der Waals surface area contributed by atoms with E-state index < -0.39 is 15.8 Å². The van der Waals surface area contributed by atoms with Gasteiger partial charge in [0.1, 0.15) is 9.09 Å². The van der Waals surface area contributed by atoms with E-state index in [-0.39, 0.29) is 4.21 Å². The van der Waals surface area contributed by atoms with Crippen LogP contribution in [-0.4, -0.2) is 27.8 Å². The Balaban J connectivity index is 3.25. The number of hydrogen-bond acceptors (Lipinski definition) is 5. The Bertz CT molecular complexity index is 456. The summed E-state index contributed by atoms with van der Waals surface area (Å²) in [6.07, 6.45) is 1.11. The van der Waals surface area contributed by atoms with E-state index in [2.05, 4.69) is 4.74 Å². The fourth-order valence-corrected chi connectivity index (χ4v) is 3.00. The van der Waals surface area contributed by atoms with Crippen LogP contribution < -0.4 is 0 Å². The van der Waals surface area contributed by atoms with Crippen LogP contribution in [-0.2, 0) is 14.6 Å². The van der Waals surface area contributed by atoms with Gasteiger partial charge in [-0.2, -0.15) is 0 Å². The van der Waals surface area contributed by atoms with Crippen LogP contribution in [0.3, 0.4) is 0 Å². The zero-order chi connectivity index (χ0) is 10.9. The van der Waals surface area contributed by atoms with Gasteiger partial charge in [-0.1, -0.05) is 0 Å². The number of aryl methyl sites for hydroxylation is 1. The Morgan fingerprint density at radius 2 is 2.07 bits per heavy atom. The van der Waals surface area contributed by atoms with Crippen molar-refractivity contribution in [3.05, 3.63) is 16.5 Å². The van der Waals surface area contributed by atoms with Gasteiger partial charge in [0.25, 0.3) is 0 Å². The van der Waals surface area contributed by atoms with Gasteiger partial charge in [0.05, 0.1) is 7.11 Å². The molecule has 1 rings (SSSR count). The maximum atomic E-state index is 11.2. The highest BCUT2D eigenvalue weighted by Gasteiger charge is 2.18. The first-order valence-electron chi connectivity index (χ1n) is 3.75. The molecule has 1 aromatic rings. The van der Waals surface area contributed by atoms with E-state index in [4.69, 9.17) is 0 Å². The van der Waals surface area contributed by atoms with Crippen molar-refractivity contribution in [2.75, 3.05) is 13.4 Å². The first kappa shape index (κ1) is 11.2. The largest absolute Gasteiger partial charge is 0.465 e. The number of ether oxygens (including phenoxy) is 1. The first-order chi connectivity index (χ1) is 6.36. The minimum absolute atomic E-state index is 0.190. The van der Waals surface area contributed by atoms with Crippen LogP contribution in [0.4, 0.5) is 0 Å². The average Bonchev–Trinajstić information content (AvgIpc) is 2.45. The van der Waals surface area contributed by atoms with E-state index in [1.54, 1.807) is 6.92 Å². The second-order valence-corrected chi connectivity index (χ2v) is 6.14.